The number of nitrogens with one attached hydrogen (secondary N) is 1. The Morgan fingerprint density at radius 3 is 2.41 bits per heavy atom. The van der Waals surface area contributed by atoms with Crippen molar-refractivity contribution < 1.29 is 9.59 Å². The van der Waals surface area contributed by atoms with E-state index in [2.05, 4.69) is 5.32 Å². The van der Waals surface area contributed by atoms with Gasteiger partial charge in [0, 0.05) is 17.7 Å². The molecule has 7 nitrogen and oxygen atoms in total. The Kier molecular flexibility index (Phi) is 4.96. The summed E-state index contributed by atoms with van der Waals surface area (Å²) in [7, 11) is 0. The standard InChI is InChI=1S/C25H27N5O2/c1-14-4-2-3-5-20(14)25(32)28-13-15-6-8-16(9-7-15)22-21(24(27)31)23(26)30(29-22)19-11-17-10-18(17)12-19/h2-9,17-19H,10-13,26H2,1H3,(H2,27,31)(H,28,32)/t17-,18-/m1/s1. The van der Waals surface area contributed by atoms with Gasteiger partial charge in [0.25, 0.3) is 11.8 Å². The van der Waals surface area contributed by atoms with Crippen molar-refractivity contribution in [3.05, 3.63) is 70.8 Å². The molecular formula is C25H27N5O2. The number of primary amides is 1. The molecule has 2 amide bonds. The van der Waals surface area contributed by atoms with E-state index in [1.807, 2.05) is 55.5 Å². The summed E-state index contributed by atoms with van der Waals surface area (Å²) in [5, 5.41) is 7.66. The van der Waals surface area contributed by atoms with E-state index in [1.54, 1.807) is 4.68 Å². The van der Waals surface area contributed by atoms with Crippen molar-refractivity contribution in [3.8, 4) is 11.3 Å². The first-order valence-electron chi connectivity index (χ1n) is 11.0. The fourth-order valence-electron chi connectivity index (χ4n) is 4.94. The Balaban J connectivity index is 1.34. The average molecular weight is 430 g/mol. The largest absolute Gasteiger partial charge is 0.383 e. The maximum atomic E-state index is 12.4. The van der Waals surface area contributed by atoms with Crippen LogP contribution in [-0.4, -0.2) is 21.6 Å². The zero-order valence-corrected chi connectivity index (χ0v) is 18.0. The molecule has 5 N–H and O–H groups in total. The van der Waals surface area contributed by atoms with Crippen LogP contribution in [0.4, 0.5) is 5.82 Å². The number of carbonyl (C=O) groups excluding carboxylic acids is 2. The molecular weight excluding hydrogens is 402 g/mol. The number of anilines is 1. The van der Waals surface area contributed by atoms with Gasteiger partial charge in [0.05, 0.1) is 6.04 Å². The molecule has 2 aliphatic rings. The van der Waals surface area contributed by atoms with Gasteiger partial charge in [0.1, 0.15) is 17.1 Å². The van der Waals surface area contributed by atoms with E-state index in [0.29, 0.717) is 23.6 Å². The fourth-order valence-corrected chi connectivity index (χ4v) is 4.94. The predicted octanol–water partition coefficient (Wildman–Crippen LogP) is 3.44. The van der Waals surface area contributed by atoms with Crippen LogP contribution in [0.3, 0.4) is 0 Å². The first kappa shape index (κ1) is 20.3. The maximum absolute atomic E-state index is 12.4. The molecule has 0 spiro atoms. The summed E-state index contributed by atoms with van der Waals surface area (Å²) < 4.78 is 1.80. The highest BCUT2D eigenvalue weighted by Gasteiger charge is 2.47. The lowest BCUT2D eigenvalue weighted by Gasteiger charge is -2.14. The van der Waals surface area contributed by atoms with E-state index in [0.717, 1.165) is 41.4 Å². The number of rotatable bonds is 6. The van der Waals surface area contributed by atoms with Crippen LogP contribution in [0, 0.1) is 18.8 Å². The van der Waals surface area contributed by atoms with E-state index >= 15 is 0 Å². The number of hydrogen-bond acceptors (Lipinski definition) is 4. The summed E-state index contributed by atoms with van der Waals surface area (Å²) in [6.45, 7) is 2.32. The summed E-state index contributed by atoms with van der Waals surface area (Å²) >= 11 is 0. The summed E-state index contributed by atoms with van der Waals surface area (Å²) in [5.41, 5.74) is 16.1. The Morgan fingerprint density at radius 1 is 1.06 bits per heavy atom. The third-order valence-corrected chi connectivity index (χ3v) is 6.83. The summed E-state index contributed by atoms with van der Waals surface area (Å²) in [6.07, 6.45) is 3.43. The van der Waals surface area contributed by atoms with Crippen molar-refractivity contribution in [1.82, 2.24) is 15.1 Å². The fraction of sp³-hybridized carbons (Fsp3) is 0.320. The molecule has 5 rings (SSSR count). The number of nitrogens with two attached hydrogens (primary N) is 2. The number of aromatic nitrogens is 2. The molecule has 2 aliphatic carbocycles. The third-order valence-electron chi connectivity index (χ3n) is 6.83. The molecule has 2 fully saturated rings. The number of fused-ring (bicyclic) bond motifs is 1. The average Bonchev–Trinajstić information content (AvgIpc) is 3.23. The van der Waals surface area contributed by atoms with Crippen LogP contribution in [0.2, 0.25) is 0 Å². The van der Waals surface area contributed by atoms with Gasteiger partial charge in [-0.15, -0.1) is 0 Å². The van der Waals surface area contributed by atoms with Gasteiger partial charge in [-0.2, -0.15) is 5.10 Å². The molecule has 0 aliphatic heterocycles. The number of benzene rings is 2. The molecule has 1 heterocycles. The van der Waals surface area contributed by atoms with Crippen molar-refractivity contribution in [1.29, 1.82) is 0 Å². The lowest BCUT2D eigenvalue weighted by Crippen LogP contribution is -2.23. The Labute approximate surface area is 186 Å². The highest BCUT2D eigenvalue weighted by molar-refractivity contribution is 6.03. The van der Waals surface area contributed by atoms with Crippen molar-refractivity contribution in [3.63, 3.8) is 0 Å². The lowest BCUT2D eigenvalue weighted by molar-refractivity contribution is 0.0949. The molecule has 164 valence electrons. The van der Waals surface area contributed by atoms with E-state index < -0.39 is 5.91 Å². The number of nitrogens with zero attached hydrogens (tertiary/aromatic N) is 2. The lowest BCUT2D eigenvalue weighted by atomic mass is 10.0. The number of nitrogen functional groups attached to an aromatic ring is 1. The molecule has 0 radical (unpaired) electrons. The van der Waals surface area contributed by atoms with Crippen LogP contribution >= 0.6 is 0 Å². The number of hydrogen-bond donors (Lipinski definition) is 3. The third kappa shape index (κ3) is 3.64. The number of aryl methyl sites for hydroxylation is 1. The van der Waals surface area contributed by atoms with Crippen LogP contribution in [0.1, 0.15) is 57.1 Å². The first-order chi connectivity index (χ1) is 15.4. The van der Waals surface area contributed by atoms with Gasteiger partial charge in [-0.3, -0.25) is 9.59 Å². The Bertz CT molecular complexity index is 1190. The zero-order valence-electron chi connectivity index (χ0n) is 18.0. The SMILES string of the molecule is Cc1ccccc1C(=O)NCc1ccc(-c2nn(C3C[C@H]4C[C@@H]4C3)c(N)c2C(N)=O)cc1. The van der Waals surface area contributed by atoms with Gasteiger partial charge in [0.2, 0.25) is 0 Å². The Morgan fingerprint density at radius 2 is 1.75 bits per heavy atom. The van der Waals surface area contributed by atoms with Crippen LogP contribution in [-0.2, 0) is 6.54 Å². The minimum absolute atomic E-state index is 0.107. The monoisotopic (exact) mass is 429 g/mol. The van der Waals surface area contributed by atoms with Crippen molar-refractivity contribution in [2.24, 2.45) is 17.6 Å². The minimum Gasteiger partial charge on any atom is -0.383 e. The topological polar surface area (TPSA) is 116 Å². The molecule has 2 aromatic carbocycles. The van der Waals surface area contributed by atoms with Gasteiger partial charge in [0.15, 0.2) is 0 Å². The molecule has 32 heavy (non-hydrogen) atoms. The first-order valence-corrected chi connectivity index (χ1v) is 11.0. The molecule has 1 aromatic heterocycles. The van der Waals surface area contributed by atoms with Crippen LogP contribution in [0.15, 0.2) is 48.5 Å². The van der Waals surface area contributed by atoms with E-state index in [1.165, 1.54) is 6.42 Å². The maximum Gasteiger partial charge on any atom is 0.254 e. The van der Waals surface area contributed by atoms with Crippen LogP contribution in [0.5, 0.6) is 0 Å². The highest BCUT2D eigenvalue weighted by atomic mass is 16.2. The molecule has 2 atom stereocenters. The molecule has 0 bridgehead atoms. The zero-order chi connectivity index (χ0) is 22.4. The molecule has 0 saturated heterocycles. The molecule has 0 unspecified atom stereocenters. The number of amides is 2. The summed E-state index contributed by atoms with van der Waals surface area (Å²) in [6, 6.07) is 15.3. The van der Waals surface area contributed by atoms with Gasteiger partial charge in [-0.05, 0) is 55.2 Å². The highest BCUT2D eigenvalue weighted by Crippen LogP contribution is 2.56. The van der Waals surface area contributed by atoms with Crippen LogP contribution in [0.25, 0.3) is 11.3 Å². The van der Waals surface area contributed by atoms with Gasteiger partial charge < -0.3 is 16.8 Å². The van der Waals surface area contributed by atoms with Gasteiger partial charge in [-0.1, -0.05) is 42.5 Å². The normalized spacial score (nSPS) is 19.5. The second kappa shape index (κ2) is 7.82. The smallest absolute Gasteiger partial charge is 0.254 e. The second-order valence-corrected chi connectivity index (χ2v) is 8.99. The van der Waals surface area contributed by atoms with Gasteiger partial charge >= 0.3 is 0 Å². The van der Waals surface area contributed by atoms with Gasteiger partial charge in [-0.25, -0.2) is 4.68 Å². The number of carbonyl (C=O) groups is 2. The molecule has 7 heteroatoms. The van der Waals surface area contributed by atoms with E-state index in [-0.39, 0.29) is 17.5 Å². The Hall–Kier alpha value is -3.61. The van der Waals surface area contributed by atoms with Crippen LogP contribution < -0.4 is 16.8 Å². The van der Waals surface area contributed by atoms with Crippen molar-refractivity contribution >= 4 is 17.6 Å². The molecule has 3 aromatic rings. The quantitative estimate of drug-likeness (QED) is 0.556. The predicted molar refractivity (Wildman–Crippen MR) is 123 cm³/mol. The van der Waals surface area contributed by atoms with E-state index in [4.69, 9.17) is 16.6 Å². The minimum atomic E-state index is -0.568. The van der Waals surface area contributed by atoms with Crippen molar-refractivity contribution in [2.45, 2.75) is 38.8 Å². The van der Waals surface area contributed by atoms with E-state index in [9.17, 15) is 9.59 Å². The van der Waals surface area contributed by atoms with Crippen molar-refractivity contribution in [2.75, 3.05) is 5.73 Å². The summed E-state index contributed by atoms with van der Waals surface area (Å²) in [5.74, 6) is 1.23. The molecule has 2 saturated carbocycles. The summed E-state index contributed by atoms with van der Waals surface area (Å²) in [4.78, 5) is 24.6. The second-order valence-electron chi connectivity index (χ2n) is 8.99.